The first-order valence-corrected chi connectivity index (χ1v) is 6.63. The van der Waals surface area contributed by atoms with Crippen LogP contribution in [0.1, 0.15) is 5.56 Å². The number of ether oxygens (including phenoxy) is 2. The summed E-state index contributed by atoms with van der Waals surface area (Å²) in [5, 5.41) is 8.89. The van der Waals surface area contributed by atoms with E-state index in [-0.39, 0.29) is 32.9 Å². The first kappa shape index (κ1) is 18.2. The number of aliphatic hydroxyl groups excluding tert-OH is 1. The van der Waals surface area contributed by atoms with E-state index in [2.05, 4.69) is 4.74 Å². The Balaban J connectivity index is 2.36. The molecule has 1 aromatic rings. The average Bonchev–Trinajstić information content (AvgIpc) is 2.48. The monoisotopic (exact) mass is 321 g/mol. The van der Waals surface area contributed by atoms with Crippen LogP contribution in [-0.2, 0) is 16.1 Å². The maximum atomic E-state index is 11.9. The van der Waals surface area contributed by atoms with Crippen molar-refractivity contribution in [3.63, 3.8) is 0 Å². The van der Waals surface area contributed by atoms with E-state index < -0.39 is 18.9 Å². The van der Waals surface area contributed by atoms with Gasteiger partial charge >= 0.3 is 12.3 Å². The summed E-state index contributed by atoms with van der Waals surface area (Å²) in [6.45, 7) is -2.07. The van der Waals surface area contributed by atoms with Crippen LogP contribution in [-0.4, -0.2) is 55.2 Å². The van der Waals surface area contributed by atoms with Gasteiger partial charge in [-0.1, -0.05) is 30.3 Å². The van der Waals surface area contributed by atoms with Gasteiger partial charge in [-0.15, -0.1) is 0 Å². The van der Waals surface area contributed by atoms with Crippen LogP contribution in [0.3, 0.4) is 0 Å². The van der Waals surface area contributed by atoms with Crippen molar-refractivity contribution in [1.29, 1.82) is 0 Å². The minimum Gasteiger partial charge on any atom is -0.445 e. The largest absolute Gasteiger partial charge is 0.445 e. The molecule has 1 N–H and O–H groups in total. The molecule has 1 aromatic carbocycles. The van der Waals surface area contributed by atoms with Gasteiger partial charge in [0.1, 0.15) is 13.2 Å². The zero-order chi connectivity index (χ0) is 16.4. The molecule has 0 saturated carbocycles. The van der Waals surface area contributed by atoms with Crippen LogP contribution in [0.4, 0.5) is 18.0 Å². The third-order valence-corrected chi connectivity index (χ3v) is 2.60. The van der Waals surface area contributed by atoms with Crippen LogP contribution < -0.4 is 0 Å². The first-order chi connectivity index (χ1) is 10.4. The molecule has 22 heavy (non-hydrogen) atoms. The maximum absolute atomic E-state index is 11.9. The normalized spacial score (nSPS) is 11.3. The van der Waals surface area contributed by atoms with E-state index in [1.807, 2.05) is 6.07 Å². The summed E-state index contributed by atoms with van der Waals surface area (Å²) in [7, 11) is 0. The maximum Gasteiger partial charge on any atom is 0.411 e. The van der Waals surface area contributed by atoms with Gasteiger partial charge in [0.25, 0.3) is 0 Å². The van der Waals surface area contributed by atoms with Crippen LogP contribution in [0.25, 0.3) is 0 Å². The lowest BCUT2D eigenvalue weighted by Crippen LogP contribution is -2.37. The van der Waals surface area contributed by atoms with E-state index in [9.17, 15) is 18.0 Å². The van der Waals surface area contributed by atoms with Crippen LogP contribution in [0.2, 0.25) is 0 Å². The lowest BCUT2D eigenvalue weighted by molar-refractivity contribution is -0.174. The second-order valence-electron chi connectivity index (χ2n) is 4.42. The predicted octanol–water partition coefficient (Wildman–Crippen LogP) is 2.20. The highest BCUT2D eigenvalue weighted by Crippen LogP contribution is 2.14. The summed E-state index contributed by atoms with van der Waals surface area (Å²) in [4.78, 5) is 12.9. The first-order valence-electron chi connectivity index (χ1n) is 6.63. The molecule has 124 valence electrons. The molecule has 5 nitrogen and oxygen atoms in total. The summed E-state index contributed by atoms with van der Waals surface area (Å²) in [5.41, 5.74) is 0.785. The summed E-state index contributed by atoms with van der Waals surface area (Å²) in [6.07, 6.45) is -5.12. The van der Waals surface area contributed by atoms with Crippen molar-refractivity contribution in [2.24, 2.45) is 0 Å². The molecule has 0 bridgehead atoms. The molecule has 0 radical (unpaired) electrons. The molecule has 1 amide bonds. The molecule has 0 aliphatic carbocycles. The highest BCUT2D eigenvalue weighted by molar-refractivity contribution is 5.67. The number of hydrogen-bond donors (Lipinski definition) is 1. The SMILES string of the molecule is O=C(OCc1ccccc1)N(CCO)CCOCC(F)(F)F. The number of carbonyl (C=O) groups excluding carboxylic acids is 1. The summed E-state index contributed by atoms with van der Waals surface area (Å²) in [5.74, 6) is 0. The fourth-order valence-corrected chi connectivity index (χ4v) is 1.59. The van der Waals surface area contributed by atoms with Crippen molar-refractivity contribution in [1.82, 2.24) is 4.90 Å². The number of benzene rings is 1. The quantitative estimate of drug-likeness (QED) is 0.746. The molecular weight excluding hydrogens is 303 g/mol. The van der Waals surface area contributed by atoms with Gasteiger partial charge in [-0.25, -0.2) is 4.79 Å². The number of carbonyl (C=O) groups is 1. The minimum atomic E-state index is -4.41. The van der Waals surface area contributed by atoms with Gasteiger partial charge in [0.05, 0.1) is 13.2 Å². The Morgan fingerprint density at radius 2 is 1.86 bits per heavy atom. The Morgan fingerprint density at radius 1 is 1.18 bits per heavy atom. The van der Waals surface area contributed by atoms with Gasteiger partial charge in [0.15, 0.2) is 0 Å². The van der Waals surface area contributed by atoms with E-state index >= 15 is 0 Å². The molecule has 1 rings (SSSR count). The molecule has 0 fully saturated rings. The standard InChI is InChI=1S/C14H18F3NO4/c15-14(16,17)11-21-9-7-18(6-8-19)13(20)22-10-12-4-2-1-3-5-12/h1-5,19H,6-11H2. The van der Waals surface area contributed by atoms with Crippen LogP contribution in [0.5, 0.6) is 0 Å². The van der Waals surface area contributed by atoms with Crippen molar-refractivity contribution in [3.8, 4) is 0 Å². The zero-order valence-corrected chi connectivity index (χ0v) is 11.9. The molecule has 0 saturated heterocycles. The fourth-order valence-electron chi connectivity index (χ4n) is 1.59. The lowest BCUT2D eigenvalue weighted by Gasteiger charge is -2.21. The molecule has 0 unspecified atom stereocenters. The molecular formula is C14H18F3NO4. The van der Waals surface area contributed by atoms with Gasteiger partial charge < -0.3 is 19.5 Å². The predicted molar refractivity (Wildman–Crippen MR) is 72.2 cm³/mol. The molecule has 0 atom stereocenters. The smallest absolute Gasteiger partial charge is 0.411 e. The Hall–Kier alpha value is -1.80. The second kappa shape index (κ2) is 9.26. The number of aliphatic hydroxyl groups is 1. The number of halogens is 3. The second-order valence-corrected chi connectivity index (χ2v) is 4.42. The van der Waals surface area contributed by atoms with Crippen LogP contribution >= 0.6 is 0 Å². The van der Waals surface area contributed by atoms with E-state index in [1.165, 1.54) is 0 Å². The van der Waals surface area contributed by atoms with Crippen molar-refractivity contribution in [2.75, 3.05) is 32.9 Å². The van der Waals surface area contributed by atoms with E-state index in [0.717, 1.165) is 10.5 Å². The lowest BCUT2D eigenvalue weighted by atomic mass is 10.2. The van der Waals surface area contributed by atoms with Gasteiger partial charge in [-0.2, -0.15) is 13.2 Å². The summed E-state index contributed by atoms with van der Waals surface area (Å²) in [6, 6.07) is 8.95. The van der Waals surface area contributed by atoms with E-state index in [4.69, 9.17) is 9.84 Å². The number of nitrogens with zero attached hydrogens (tertiary/aromatic N) is 1. The highest BCUT2D eigenvalue weighted by atomic mass is 19.4. The molecule has 8 heteroatoms. The van der Waals surface area contributed by atoms with Crippen LogP contribution in [0.15, 0.2) is 30.3 Å². The number of rotatable bonds is 8. The number of alkyl halides is 3. The molecule has 0 heterocycles. The van der Waals surface area contributed by atoms with E-state index in [1.54, 1.807) is 24.3 Å². The number of amides is 1. The van der Waals surface area contributed by atoms with E-state index in [0.29, 0.717) is 0 Å². The highest BCUT2D eigenvalue weighted by Gasteiger charge is 2.27. The summed E-state index contributed by atoms with van der Waals surface area (Å²) >= 11 is 0. The van der Waals surface area contributed by atoms with Crippen LogP contribution in [0, 0.1) is 0 Å². The molecule has 0 spiro atoms. The Bertz CT molecular complexity index is 439. The molecule has 0 aliphatic heterocycles. The number of hydrogen-bond acceptors (Lipinski definition) is 4. The Morgan fingerprint density at radius 3 is 2.45 bits per heavy atom. The van der Waals surface area contributed by atoms with Crippen molar-refractivity contribution in [2.45, 2.75) is 12.8 Å². The van der Waals surface area contributed by atoms with Gasteiger partial charge in [-0.05, 0) is 5.56 Å². The van der Waals surface area contributed by atoms with Gasteiger partial charge in [-0.3, -0.25) is 0 Å². The van der Waals surface area contributed by atoms with Crippen molar-refractivity contribution < 1.29 is 32.5 Å². The molecule has 0 aromatic heterocycles. The minimum absolute atomic E-state index is 0.0387. The average molecular weight is 321 g/mol. The van der Waals surface area contributed by atoms with Crippen molar-refractivity contribution in [3.05, 3.63) is 35.9 Å². The van der Waals surface area contributed by atoms with Crippen molar-refractivity contribution >= 4 is 6.09 Å². The van der Waals surface area contributed by atoms with Gasteiger partial charge in [0.2, 0.25) is 0 Å². The summed E-state index contributed by atoms with van der Waals surface area (Å²) < 4.78 is 45.2. The topological polar surface area (TPSA) is 59.0 Å². The third kappa shape index (κ3) is 7.84. The third-order valence-electron chi connectivity index (χ3n) is 2.60. The zero-order valence-electron chi connectivity index (χ0n) is 11.9. The molecule has 0 aliphatic rings. The van der Waals surface area contributed by atoms with Gasteiger partial charge in [0, 0.05) is 13.1 Å². The Labute approximate surface area is 126 Å². The Kier molecular flexibility index (Phi) is 7.69. The fraction of sp³-hybridized carbons (Fsp3) is 0.500.